The van der Waals surface area contributed by atoms with Gasteiger partial charge in [0.25, 0.3) is 0 Å². The maximum Gasteiger partial charge on any atom is 0.338 e. The number of esters is 1. The lowest BCUT2D eigenvalue weighted by Gasteiger charge is -2.29. The van der Waals surface area contributed by atoms with Gasteiger partial charge in [-0.05, 0) is 59.7 Å². The number of carbonyl (C=O) groups excluding carboxylic acids is 1. The molecule has 0 saturated carbocycles. The van der Waals surface area contributed by atoms with Crippen molar-refractivity contribution in [2.45, 2.75) is 9.79 Å². The number of benzene rings is 4. The summed E-state index contributed by atoms with van der Waals surface area (Å²) in [5.74, 6) is 0.380. The normalized spacial score (nSPS) is 18.5. The summed E-state index contributed by atoms with van der Waals surface area (Å²) in [6.07, 6.45) is 5.87. The maximum absolute atomic E-state index is 13.3. The molecule has 0 spiro atoms. The monoisotopic (exact) mass is 708 g/mol. The Labute approximate surface area is 302 Å². The molecule has 242 valence electrons. The van der Waals surface area contributed by atoms with Crippen molar-refractivity contribution in [3.63, 3.8) is 0 Å². The fraction of sp³-hybridized carbons (Fsp3) is 0.0750. The number of nitrogens with zero attached hydrogens (tertiary/aromatic N) is 2. The Morgan fingerprint density at radius 1 is 0.860 bits per heavy atom. The predicted octanol–water partition coefficient (Wildman–Crippen LogP) is 9.71. The first kappa shape index (κ1) is 31.7. The number of fused-ring (bicyclic) bond motifs is 4. The molecule has 8 rings (SSSR count). The van der Waals surface area contributed by atoms with Crippen LogP contribution in [0.5, 0.6) is 5.75 Å². The third kappa shape index (κ3) is 5.66. The third-order valence-electron chi connectivity index (χ3n) is 8.55. The van der Waals surface area contributed by atoms with Crippen molar-refractivity contribution in [2.75, 3.05) is 23.1 Å². The molecule has 7 nitrogen and oxygen atoms in total. The molecule has 3 aliphatic heterocycles. The Hall–Kier alpha value is -5.58. The first-order valence-corrected chi connectivity index (χ1v) is 17.9. The number of ether oxygens (including phenoxy) is 2. The van der Waals surface area contributed by atoms with E-state index in [1.54, 1.807) is 12.1 Å². The third-order valence-corrected chi connectivity index (χ3v) is 10.9. The summed E-state index contributed by atoms with van der Waals surface area (Å²) in [6.45, 7) is 0.0828. The van der Waals surface area contributed by atoms with Gasteiger partial charge in [-0.15, -0.1) is 11.6 Å². The van der Waals surface area contributed by atoms with E-state index in [0.29, 0.717) is 39.3 Å². The van der Waals surface area contributed by atoms with E-state index in [1.165, 1.54) is 23.5 Å². The minimum absolute atomic E-state index is 0.0828. The zero-order valence-corrected chi connectivity index (χ0v) is 28.6. The van der Waals surface area contributed by atoms with Crippen molar-refractivity contribution in [1.82, 2.24) is 0 Å². The molecule has 4 aromatic rings. The van der Waals surface area contributed by atoms with Crippen LogP contribution in [0.15, 0.2) is 146 Å². The molecule has 1 unspecified atom stereocenters. The fourth-order valence-electron chi connectivity index (χ4n) is 6.27. The highest BCUT2D eigenvalue weighted by Gasteiger charge is 2.32. The van der Waals surface area contributed by atoms with Gasteiger partial charge in [0.15, 0.2) is 0 Å². The van der Waals surface area contributed by atoms with Crippen LogP contribution in [-0.2, 0) is 4.74 Å². The van der Waals surface area contributed by atoms with E-state index in [4.69, 9.17) is 21.1 Å². The largest absolute Gasteiger partial charge is 0.461 e. The number of para-hydroxylation sites is 2. The van der Waals surface area contributed by atoms with E-state index >= 15 is 0 Å². The molecular weight excluding hydrogens is 684 g/mol. The van der Waals surface area contributed by atoms with Crippen molar-refractivity contribution < 1.29 is 14.3 Å². The number of nitriles is 2. The van der Waals surface area contributed by atoms with Crippen LogP contribution in [0.3, 0.4) is 0 Å². The van der Waals surface area contributed by atoms with E-state index in [1.807, 2.05) is 97.1 Å². The first-order valence-electron chi connectivity index (χ1n) is 15.7. The summed E-state index contributed by atoms with van der Waals surface area (Å²) in [4.78, 5) is 15.4. The van der Waals surface area contributed by atoms with Gasteiger partial charge in [-0.3, -0.25) is 0 Å². The highest BCUT2D eigenvalue weighted by Crippen LogP contribution is 2.49. The van der Waals surface area contributed by atoms with E-state index in [9.17, 15) is 15.3 Å². The molecule has 50 heavy (non-hydrogen) atoms. The molecule has 4 aromatic carbocycles. The van der Waals surface area contributed by atoms with Crippen molar-refractivity contribution in [1.29, 1.82) is 10.5 Å². The van der Waals surface area contributed by atoms with E-state index < -0.39 is 5.97 Å². The lowest BCUT2D eigenvalue weighted by Crippen LogP contribution is -2.17. The van der Waals surface area contributed by atoms with Crippen LogP contribution in [0, 0.1) is 28.6 Å². The zero-order valence-electron chi connectivity index (χ0n) is 26.2. The number of allylic oxidation sites excluding steroid dienone is 5. The Kier molecular flexibility index (Phi) is 8.48. The summed E-state index contributed by atoms with van der Waals surface area (Å²) in [5, 5.41) is 29.0. The summed E-state index contributed by atoms with van der Waals surface area (Å²) in [5.41, 5.74) is 6.98. The van der Waals surface area contributed by atoms with Gasteiger partial charge in [0, 0.05) is 32.4 Å². The number of thioether (sulfide) groups is 2. The molecule has 4 aliphatic rings. The highest BCUT2D eigenvalue weighted by atomic mass is 35.5. The second-order valence-electron chi connectivity index (χ2n) is 11.5. The fourth-order valence-corrected chi connectivity index (χ4v) is 8.42. The van der Waals surface area contributed by atoms with Crippen LogP contribution in [0.4, 0.5) is 11.4 Å². The summed E-state index contributed by atoms with van der Waals surface area (Å²) >= 11 is 8.89. The average molecular weight is 709 g/mol. The second kappa shape index (κ2) is 13.4. The average Bonchev–Trinajstić information content (AvgIpc) is 3.78. The molecule has 0 amide bonds. The molecule has 1 aliphatic carbocycles. The molecule has 0 saturated heterocycles. The van der Waals surface area contributed by atoms with E-state index in [-0.39, 0.29) is 18.4 Å². The number of carbonyl (C=O) groups is 1. The number of rotatable bonds is 6. The van der Waals surface area contributed by atoms with E-state index in [2.05, 4.69) is 22.8 Å². The Morgan fingerprint density at radius 2 is 1.56 bits per heavy atom. The van der Waals surface area contributed by atoms with Gasteiger partial charge >= 0.3 is 5.97 Å². The number of anilines is 2. The molecule has 2 N–H and O–H groups in total. The molecule has 1 atom stereocenters. The first-order chi connectivity index (χ1) is 24.6. The van der Waals surface area contributed by atoms with Crippen molar-refractivity contribution >= 4 is 63.6 Å². The number of halogens is 1. The summed E-state index contributed by atoms with van der Waals surface area (Å²) in [6, 6.07) is 33.7. The second-order valence-corrected chi connectivity index (χ2v) is 14.0. The Morgan fingerprint density at radius 3 is 2.28 bits per heavy atom. The Bertz CT molecular complexity index is 2310. The Balaban J connectivity index is 1.26. The quantitative estimate of drug-likeness (QED) is 0.115. The minimum Gasteiger partial charge on any atom is -0.461 e. The van der Waals surface area contributed by atoms with E-state index in [0.717, 1.165) is 47.9 Å². The van der Waals surface area contributed by atoms with Gasteiger partial charge in [-0.1, -0.05) is 84.2 Å². The number of hydrogen-bond acceptors (Lipinski definition) is 9. The van der Waals surface area contributed by atoms with Gasteiger partial charge in [-0.25, -0.2) is 4.79 Å². The highest BCUT2D eigenvalue weighted by molar-refractivity contribution is 8.04. The van der Waals surface area contributed by atoms with Gasteiger partial charge in [0.05, 0.1) is 50.1 Å². The lowest BCUT2D eigenvalue weighted by molar-refractivity contribution is 0.0528. The number of nitrogens with one attached hydrogen (secondary N) is 2. The van der Waals surface area contributed by atoms with Crippen molar-refractivity contribution in [3.8, 4) is 17.9 Å². The minimum atomic E-state index is -0.483. The van der Waals surface area contributed by atoms with Crippen LogP contribution < -0.4 is 15.4 Å². The van der Waals surface area contributed by atoms with Crippen molar-refractivity contribution in [3.05, 3.63) is 158 Å². The number of alkyl halides is 1. The van der Waals surface area contributed by atoms with Crippen LogP contribution in [0.1, 0.15) is 27.0 Å². The molecule has 0 fully saturated rings. The lowest BCUT2D eigenvalue weighted by atomic mass is 9.82. The molecule has 0 bridgehead atoms. The maximum atomic E-state index is 13.3. The van der Waals surface area contributed by atoms with Crippen LogP contribution in [0.25, 0.3) is 11.1 Å². The molecule has 0 aromatic heterocycles. The van der Waals surface area contributed by atoms with Gasteiger partial charge in [-0.2, -0.15) is 10.5 Å². The van der Waals surface area contributed by atoms with Gasteiger partial charge in [0.1, 0.15) is 24.2 Å². The SMILES string of the molecule is N#C/C(=C1\Nc2ccccc2S1)c1ccc2c(c1)OC1=CC(/C(C#N)=C3/Nc4ccccc4S3)C=CC1=C2c1ccccc1C(=O)OCCCl. The molecule has 0 radical (unpaired) electrons. The summed E-state index contributed by atoms with van der Waals surface area (Å²) < 4.78 is 12.1. The molecule has 10 heteroatoms. The zero-order chi connectivity index (χ0) is 34.2. The van der Waals surface area contributed by atoms with Crippen molar-refractivity contribution in [2.24, 2.45) is 5.92 Å². The van der Waals surface area contributed by atoms with Crippen LogP contribution >= 0.6 is 35.1 Å². The molecule has 3 heterocycles. The standard InChI is InChI=1S/C40H25ClN4O3S2/c41-17-18-47-40(46)26-8-2-1-7-25(26)37-27-15-13-23(29(21-42)38-44-31-9-3-5-11-35(31)49-38)19-33(27)48-34-20-24(14-16-28(34)37)30(22-43)39-45-32-10-4-6-12-36(32)50-39/h1-16,19-20,23,44-45H,17-18H2/b38-29-,39-30-. The molecular formula is C40H25ClN4O3S2. The van der Waals surface area contributed by atoms with Gasteiger partial charge in [0.2, 0.25) is 0 Å². The smallest absolute Gasteiger partial charge is 0.338 e. The number of hydrogen-bond donors (Lipinski definition) is 2. The van der Waals surface area contributed by atoms with Crippen LogP contribution in [-0.4, -0.2) is 18.5 Å². The van der Waals surface area contributed by atoms with Gasteiger partial charge < -0.3 is 20.1 Å². The summed E-state index contributed by atoms with van der Waals surface area (Å²) in [7, 11) is 0. The topological polar surface area (TPSA) is 107 Å². The predicted molar refractivity (Wildman–Crippen MR) is 198 cm³/mol. The van der Waals surface area contributed by atoms with Crippen LogP contribution in [0.2, 0.25) is 0 Å².